The number of carbonyl (C=O) groups excluding carboxylic acids is 1. The molecule has 0 saturated heterocycles. The predicted molar refractivity (Wildman–Crippen MR) is 104 cm³/mol. The first kappa shape index (κ1) is 19.4. The zero-order valence-electron chi connectivity index (χ0n) is 15.8. The van der Waals surface area contributed by atoms with E-state index in [9.17, 15) is 4.79 Å². The Morgan fingerprint density at radius 1 is 1.27 bits per heavy atom. The van der Waals surface area contributed by atoms with Crippen molar-refractivity contribution in [1.82, 2.24) is 20.1 Å². The normalized spacial score (nSPS) is 15.6. The molecule has 0 aliphatic heterocycles. The van der Waals surface area contributed by atoms with Crippen molar-refractivity contribution in [3.8, 4) is 10.8 Å². The van der Waals surface area contributed by atoms with E-state index in [1.54, 1.807) is 11.3 Å². The highest BCUT2D eigenvalue weighted by Gasteiger charge is 2.28. The van der Waals surface area contributed by atoms with Gasteiger partial charge in [0.05, 0.1) is 16.5 Å². The number of thioether (sulfide) groups is 1. The molecule has 0 atom stereocenters. The van der Waals surface area contributed by atoms with Crippen LogP contribution in [0.25, 0.3) is 10.8 Å². The fourth-order valence-corrected chi connectivity index (χ4v) is 5.03. The lowest BCUT2D eigenvalue weighted by Crippen LogP contribution is -2.46. The van der Waals surface area contributed by atoms with Gasteiger partial charge in [-0.15, -0.1) is 21.5 Å². The van der Waals surface area contributed by atoms with Crippen molar-refractivity contribution in [2.45, 2.75) is 77.1 Å². The van der Waals surface area contributed by atoms with Crippen LogP contribution >= 0.6 is 23.1 Å². The molecule has 6 nitrogen and oxygen atoms in total. The second kappa shape index (κ2) is 8.52. The van der Waals surface area contributed by atoms with Crippen LogP contribution in [0.3, 0.4) is 0 Å². The summed E-state index contributed by atoms with van der Waals surface area (Å²) in [6.45, 7) is 8.08. The maximum atomic E-state index is 12.8. The molecule has 0 bridgehead atoms. The van der Waals surface area contributed by atoms with E-state index in [1.807, 2.05) is 13.8 Å². The number of nitrogens with zero attached hydrogens (tertiary/aromatic N) is 4. The van der Waals surface area contributed by atoms with Gasteiger partial charge in [-0.05, 0) is 40.5 Å². The van der Waals surface area contributed by atoms with Gasteiger partial charge < -0.3 is 9.32 Å². The van der Waals surface area contributed by atoms with E-state index < -0.39 is 0 Å². The maximum Gasteiger partial charge on any atom is 0.277 e. The summed E-state index contributed by atoms with van der Waals surface area (Å²) in [4.78, 5) is 20.1. The lowest BCUT2D eigenvalue weighted by atomic mass is 9.93. The monoisotopic (exact) mass is 394 g/mol. The van der Waals surface area contributed by atoms with Crippen molar-refractivity contribution in [2.24, 2.45) is 0 Å². The Bertz CT molecular complexity index is 750. The summed E-state index contributed by atoms with van der Waals surface area (Å²) in [5, 5.41) is 9.61. The Labute approximate surface area is 162 Å². The number of aromatic nitrogens is 3. The van der Waals surface area contributed by atoms with Crippen molar-refractivity contribution >= 4 is 29.0 Å². The number of amides is 1. The SMILES string of the molecule is Cc1nc(C)c(-c2nnc(SCC(=O)N(C(C)C)C3CCCCC3)o2)s1. The summed E-state index contributed by atoms with van der Waals surface area (Å²) < 4.78 is 5.74. The number of hydrogen-bond donors (Lipinski definition) is 0. The summed E-state index contributed by atoms with van der Waals surface area (Å²) in [6.07, 6.45) is 5.95. The predicted octanol–water partition coefficient (Wildman–Crippen LogP) is 4.47. The molecule has 1 fully saturated rings. The van der Waals surface area contributed by atoms with Crippen molar-refractivity contribution in [1.29, 1.82) is 0 Å². The van der Waals surface area contributed by atoms with Gasteiger partial charge in [0, 0.05) is 12.1 Å². The smallest absolute Gasteiger partial charge is 0.277 e. The van der Waals surface area contributed by atoms with Crippen LogP contribution in [-0.2, 0) is 4.79 Å². The minimum Gasteiger partial charge on any atom is -0.410 e. The molecule has 1 aliphatic carbocycles. The lowest BCUT2D eigenvalue weighted by Gasteiger charge is -2.37. The molecular weight excluding hydrogens is 368 g/mol. The van der Waals surface area contributed by atoms with Gasteiger partial charge in [-0.1, -0.05) is 31.0 Å². The van der Waals surface area contributed by atoms with E-state index in [2.05, 4.69) is 33.9 Å². The average molecular weight is 395 g/mol. The minimum absolute atomic E-state index is 0.154. The van der Waals surface area contributed by atoms with E-state index >= 15 is 0 Å². The number of carbonyl (C=O) groups is 1. The molecule has 2 heterocycles. The standard InChI is InChI=1S/C18H26N4O2S2/c1-11(2)22(14-8-6-5-7-9-14)15(23)10-25-18-21-20-17(24-18)16-12(3)19-13(4)26-16/h11,14H,5-10H2,1-4H3. The Kier molecular flexibility index (Phi) is 6.34. The third-order valence-corrected chi connectivity index (χ3v) is 6.50. The molecule has 26 heavy (non-hydrogen) atoms. The fraction of sp³-hybridized carbons (Fsp3) is 0.667. The zero-order valence-corrected chi connectivity index (χ0v) is 17.5. The van der Waals surface area contributed by atoms with E-state index in [0.29, 0.717) is 22.9 Å². The summed E-state index contributed by atoms with van der Waals surface area (Å²) >= 11 is 2.86. The van der Waals surface area contributed by atoms with Gasteiger partial charge in [-0.2, -0.15) is 0 Å². The summed E-state index contributed by atoms with van der Waals surface area (Å²) in [5.41, 5.74) is 0.895. The van der Waals surface area contributed by atoms with Gasteiger partial charge in [-0.25, -0.2) is 4.98 Å². The molecule has 2 aromatic heterocycles. The van der Waals surface area contributed by atoms with Crippen molar-refractivity contribution < 1.29 is 9.21 Å². The average Bonchev–Trinajstić information content (AvgIpc) is 3.19. The van der Waals surface area contributed by atoms with Gasteiger partial charge in [-0.3, -0.25) is 4.79 Å². The first-order valence-electron chi connectivity index (χ1n) is 9.17. The number of thiazole rings is 1. The van der Waals surface area contributed by atoms with Gasteiger partial charge in [0.15, 0.2) is 0 Å². The molecule has 0 aromatic carbocycles. The molecule has 1 saturated carbocycles. The first-order valence-corrected chi connectivity index (χ1v) is 11.0. The number of hydrogen-bond acceptors (Lipinski definition) is 7. The Morgan fingerprint density at radius 2 is 2.00 bits per heavy atom. The third kappa shape index (κ3) is 4.46. The van der Waals surface area contributed by atoms with E-state index in [1.165, 1.54) is 31.0 Å². The van der Waals surface area contributed by atoms with Crippen LogP contribution in [0.4, 0.5) is 0 Å². The number of aryl methyl sites for hydroxylation is 2. The van der Waals surface area contributed by atoms with Crippen LogP contribution in [0.1, 0.15) is 56.7 Å². The molecule has 1 amide bonds. The Morgan fingerprint density at radius 3 is 2.62 bits per heavy atom. The Hall–Kier alpha value is -1.41. The van der Waals surface area contributed by atoms with Crippen LogP contribution in [-0.4, -0.2) is 43.8 Å². The van der Waals surface area contributed by atoms with Crippen molar-refractivity contribution in [3.05, 3.63) is 10.7 Å². The van der Waals surface area contributed by atoms with E-state index in [0.717, 1.165) is 28.4 Å². The molecule has 0 N–H and O–H groups in total. The minimum atomic E-state index is 0.154. The topological polar surface area (TPSA) is 72.1 Å². The molecule has 0 unspecified atom stereocenters. The first-order chi connectivity index (χ1) is 12.5. The third-order valence-electron chi connectivity index (χ3n) is 4.64. The summed E-state index contributed by atoms with van der Waals surface area (Å²) in [5.74, 6) is 0.967. The summed E-state index contributed by atoms with van der Waals surface area (Å²) in [7, 11) is 0. The van der Waals surface area contributed by atoms with Gasteiger partial charge in [0.2, 0.25) is 5.91 Å². The van der Waals surface area contributed by atoms with Crippen LogP contribution in [0.2, 0.25) is 0 Å². The second-order valence-corrected chi connectivity index (χ2v) is 9.13. The highest BCUT2D eigenvalue weighted by atomic mass is 32.2. The molecule has 0 radical (unpaired) electrons. The van der Waals surface area contributed by atoms with E-state index in [-0.39, 0.29) is 11.9 Å². The molecule has 142 valence electrons. The largest absolute Gasteiger partial charge is 0.410 e. The van der Waals surface area contributed by atoms with Crippen LogP contribution in [0, 0.1) is 13.8 Å². The molecule has 0 spiro atoms. The van der Waals surface area contributed by atoms with Crippen LogP contribution < -0.4 is 0 Å². The van der Waals surface area contributed by atoms with Gasteiger partial charge in [0.1, 0.15) is 4.88 Å². The Balaban J connectivity index is 1.62. The van der Waals surface area contributed by atoms with E-state index in [4.69, 9.17) is 4.42 Å². The van der Waals surface area contributed by atoms with Crippen LogP contribution in [0.5, 0.6) is 0 Å². The van der Waals surface area contributed by atoms with Crippen molar-refractivity contribution in [2.75, 3.05) is 5.75 Å². The van der Waals surface area contributed by atoms with Gasteiger partial charge in [0.25, 0.3) is 11.1 Å². The molecule has 1 aliphatic rings. The highest BCUT2D eigenvalue weighted by molar-refractivity contribution is 7.99. The number of rotatable bonds is 6. The molecule has 2 aromatic rings. The van der Waals surface area contributed by atoms with Gasteiger partial charge >= 0.3 is 0 Å². The quantitative estimate of drug-likeness (QED) is 0.673. The molecule has 3 rings (SSSR count). The summed E-state index contributed by atoms with van der Waals surface area (Å²) in [6, 6.07) is 0.588. The fourth-order valence-electron chi connectivity index (χ4n) is 3.56. The highest BCUT2D eigenvalue weighted by Crippen LogP contribution is 2.31. The lowest BCUT2D eigenvalue weighted by molar-refractivity contribution is -0.133. The second-order valence-electron chi connectivity index (χ2n) is 7.00. The molecule has 8 heteroatoms. The van der Waals surface area contributed by atoms with Crippen LogP contribution in [0.15, 0.2) is 9.64 Å². The maximum absolute atomic E-state index is 12.8. The van der Waals surface area contributed by atoms with Crippen molar-refractivity contribution in [3.63, 3.8) is 0 Å². The molecular formula is C18H26N4O2S2. The zero-order chi connectivity index (χ0) is 18.7.